The van der Waals surface area contributed by atoms with E-state index in [9.17, 15) is 9.90 Å². The Balaban J connectivity index is 2.01. The number of amides is 1. The van der Waals surface area contributed by atoms with Crippen LogP contribution in [0.25, 0.3) is 0 Å². The lowest BCUT2D eigenvalue weighted by atomic mass is 9.76. The molecule has 110 valence electrons. The second-order valence-corrected chi connectivity index (χ2v) is 6.04. The molecule has 1 aliphatic carbocycles. The van der Waals surface area contributed by atoms with Crippen molar-refractivity contribution in [2.24, 2.45) is 11.7 Å². The molecule has 1 aliphatic rings. The van der Waals surface area contributed by atoms with Gasteiger partial charge in [-0.2, -0.15) is 0 Å². The van der Waals surface area contributed by atoms with Gasteiger partial charge in [0.05, 0.1) is 12.0 Å². The highest BCUT2D eigenvalue weighted by atomic mass is 16.3. The Bertz CT molecular complexity index is 475. The number of nitrogens with one attached hydrogen (secondary N) is 1. The molecule has 20 heavy (non-hydrogen) atoms. The van der Waals surface area contributed by atoms with Crippen LogP contribution in [0.15, 0.2) is 24.3 Å². The Morgan fingerprint density at radius 1 is 1.50 bits per heavy atom. The normalized spacial score (nSPS) is 26.2. The molecule has 4 N–H and O–H groups in total. The number of aromatic hydroxyl groups is 1. The molecule has 0 radical (unpaired) electrons. The van der Waals surface area contributed by atoms with Crippen LogP contribution in [-0.4, -0.2) is 23.1 Å². The summed E-state index contributed by atoms with van der Waals surface area (Å²) in [6, 6.07) is 6.95. The van der Waals surface area contributed by atoms with Crippen LogP contribution in [0.1, 0.15) is 38.2 Å². The molecule has 1 saturated carbocycles. The number of phenolic OH excluding ortho intramolecular Hbond substituents is 1. The van der Waals surface area contributed by atoms with Gasteiger partial charge >= 0.3 is 0 Å². The molecule has 1 aromatic rings. The summed E-state index contributed by atoms with van der Waals surface area (Å²) in [5, 5.41) is 12.8. The van der Waals surface area contributed by atoms with Crippen LogP contribution in [0.5, 0.6) is 5.75 Å². The van der Waals surface area contributed by atoms with Gasteiger partial charge < -0.3 is 16.2 Å². The van der Waals surface area contributed by atoms with E-state index in [4.69, 9.17) is 5.73 Å². The van der Waals surface area contributed by atoms with Gasteiger partial charge in [-0.3, -0.25) is 4.79 Å². The predicted molar refractivity (Wildman–Crippen MR) is 79.4 cm³/mol. The molecule has 1 amide bonds. The van der Waals surface area contributed by atoms with Crippen LogP contribution < -0.4 is 11.1 Å². The third-order valence-electron chi connectivity index (χ3n) is 4.23. The van der Waals surface area contributed by atoms with E-state index in [0.717, 1.165) is 19.3 Å². The Morgan fingerprint density at radius 2 is 2.25 bits per heavy atom. The van der Waals surface area contributed by atoms with E-state index in [1.165, 1.54) is 6.42 Å². The van der Waals surface area contributed by atoms with Crippen LogP contribution in [-0.2, 0) is 11.2 Å². The molecule has 0 saturated heterocycles. The molecular weight excluding hydrogens is 252 g/mol. The van der Waals surface area contributed by atoms with Gasteiger partial charge in [0.1, 0.15) is 5.75 Å². The quantitative estimate of drug-likeness (QED) is 0.787. The molecule has 4 nitrogen and oxygen atoms in total. The number of rotatable bonds is 4. The monoisotopic (exact) mass is 276 g/mol. The number of phenols is 1. The molecule has 4 heteroatoms. The fourth-order valence-electron chi connectivity index (χ4n) is 3.18. The van der Waals surface area contributed by atoms with Crippen LogP contribution in [0.2, 0.25) is 0 Å². The summed E-state index contributed by atoms with van der Waals surface area (Å²) >= 11 is 0. The minimum atomic E-state index is -0.265. The lowest BCUT2D eigenvalue weighted by Gasteiger charge is -2.40. The van der Waals surface area contributed by atoms with Gasteiger partial charge in [-0.1, -0.05) is 38.0 Å². The average Bonchev–Trinajstić information content (AvgIpc) is 2.41. The second-order valence-electron chi connectivity index (χ2n) is 6.04. The van der Waals surface area contributed by atoms with Crippen molar-refractivity contribution in [3.8, 4) is 5.75 Å². The number of benzene rings is 1. The van der Waals surface area contributed by atoms with Crippen molar-refractivity contribution in [3.05, 3.63) is 29.8 Å². The Labute approximate surface area is 120 Å². The fourth-order valence-corrected chi connectivity index (χ4v) is 3.18. The SMILES string of the molecule is CC1CCCC(CN)(NC(=O)Cc2ccccc2O)C1. The van der Waals surface area contributed by atoms with E-state index in [1.807, 2.05) is 6.07 Å². The maximum Gasteiger partial charge on any atom is 0.225 e. The minimum absolute atomic E-state index is 0.0638. The number of hydrogen-bond acceptors (Lipinski definition) is 3. The zero-order valence-corrected chi connectivity index (χ0v) is 12.1. The summed E-state index contributed by atoms with van der Waals surface area (Å²) in [7, 11) is 0. The van der Waals surface area contributed by atoms with Gasteiger partial charge in [0.2, 0.25) is 5.91 Å². The van der Waals surface area contributed by atoms with E-state index in [0.29, 0.717) is 18.0 Å². The fraction of sp³-hybridized carbons (Fsp3) is 0.562. The van der Waals surface area contributed by atoms with E-state index in [2.05, 4.69) is 12.2 Å². The summed E-state index contributed by atoms with van der Waals surface area (Å²) in [4.78, 5) is 12.2. The van der Waals surface area contributed by atoms with E-state index in [-0.39, 0.29) is 23.6 Å². The molecule has 2 rings (SSSR count). The molecule has 0 spiro atoms. The summed E-state index contributed by atoms with van der Waals surface area (Å²) in [6.45, 7) is 2.68. The van der Waals surface area contributed by atoms with Gasteiger partial charge in [-0.25, -0.2) is 0 Å². The van der Waals surface area contributed by atoms with Crippen molar-refractivity contribution in [1.82, 2.24) is 5.32 Å². The van der Waals surface area contributed by atoms with E-state index in [1.54, 1.807) is 18.2 Å². The van der Waals surface area contributed by atoms with E-state index >= 15 is 0 Å². The summed E-state index contributed by atoms with van der Waals surface area (Å²) in [5.41, 5.74) is 6.30. The third kappa shape index (κ3) is 3.51. The first-order valence-electron chi connectivity index (χ1n) is 7.32. The average molecular weight is 276 g/mol. The van der Waals surface area contributed by atoms with Crippen molar-refractivity contribution >= 4 is 5.91 Å². The van der Waals surface area contributed by atoms with Crippen molar-refractivity contribution < 1.29 is 9.90 Å². The minimum Gasteiger partial charge on any atom is -0.508 e. The number of carbonyl (C=O) groups is 1. The second kappa shape index (κ2) is 6.27. The largest absolute Gasteiger partial charge is 0.508 e. The first-order chi connectivity index (χ1) is 9.54. The van der Waals surface area contributed by atoms with Crippen molar-refractivity contribution in [2.45, 2.75) is 44.6 Å². The van der Waals surface area contributed by atoms with Gasteiger partial charge in [-0.05, 0) is 24.8 Å². The van der Waals surface area contributed by atoms with Gasteiger partial charge in [-0.15, -0.1) is 0 Å². The molecule has 0 aliphatic heterocycles. The maximum absolute atomic E-state index is 12.2. The summed E-state index contributed by atoms with van der Waals surface area (Å²) < 4.78 is 0. The molecule has 1 fully saturated rings. The first-order valence-corrected chi connectivity index (χ1v) is 7.32. The molecule has 2 atom stereocenters. The third-order valence-corrected chi connectivity index (χ3v) is 4.23. The first kappa shape index (κ1) is 14.9. The van der Waals surface area contributed by atoms with E-state index < -0.39 is 0 Å². The maximum atomic E-state index is 12.2. The standard InChI is InChI=1S/C16H24N2O2/c1-12-5-4-8-16(10-12,11-17)18-15(20)9-13-6-2-3-7-14(13)19/h2-3,6-7,12,19H,4-5,8-11,17H2,1H3,(H,18,20). The number of nitrogens with two attached hydrogens (primary N) is 1. The predicted octanol–water partition coefficient (Wildman–Crippen LogP) is 1.96. The lowest BCUT2D eigenvalue weighted by Crippen LogP contribution is -2.56. The van der Waals surface area contributed by atoms with Crippen LogP contribution in [0.3, 0.4) is 0 Å². The molecule has 0 aromatic heterocycles. The molecule has 0 heterocycles. The molecular formula is C16H24N2O2. The lowest BCUT2D eigenvalue weighted by molar-refractivity contribution is -0.122. The summed E-state index contributed by atoms with van der Waals surface area (Å²) in [6.07, 6.45) is 4.39. The Kier molecular flexibility index (Phi) is 4.65. The van der Waals surface area contributed by atoms with Crippen molar-refractivity contribution in [2.75, 3.05) is 6.54 Å². The zero-order chi connectivity index (χ0) is 14.6. The molecule has 1 aromatic carbocycles. The number of carbonyl (C=O) groups excluding carboxylic acids is 1. The number of para-hydroxylation sites is 1. The zero-order valence-electron chi connectivity index (χ0n) is 12.1. The van der Waals surface area contributed by atoms with Gasteiger partial charge in [0.25, 0.3) is 0 Å². The molecule has 2 unspecified atom stereocenters. The Hall–Kier alpha value is -1.55. The topological polar surface area (TPSA) is 75.3 Å². The van der Waals surface area contributed by atoms with Crippen LogP contribution in [0.4, 0.5) is 0 Å². The smallest absolute Gasteiger partial charge is 0.225 e. The Morgan fingerprint density at radius 3 is 2.90 bits per heavy atom. The van der Waals surface area contributed by atoms with Crippen molar-refractivity contribution in [1.29, 1.82) is 0 Å². The highest BCUT2D eigenvalue weighted by molar-refractivity contribution is 5.80. The molecule has 0 bridgehead atoms. The highest BCUT2D eigenvalue weighted by Gasteiger charge is 2.34. The number of hydrogen-bond donors (Lipinski definition) is 3. The van der Waals surface area contributed by atoms with Crippen LogP contribution >= 0.6 is 0 Å². The van der Waals surface area contributed by atoms with Gasteiger partial charge in [0, 0.05) is 12.1 Å². The van der Waals surface area contributed by atoms with Crippen molar-refractivity contribution in [3.63, 3.8) is 0 Å². The van der Waals surface area contributed by atoms with Crippen LogP contribution in [0, 0.1) is 5.92 Å². The summed E-state index contributed by atoms with van der Waals surface area (Å²) in [5.74, 6) is 0.699. The highest BCUT2D eigenvalue weighted by Crippen LogP contribution is 2.31. The van der Waals surface area contributed by atoms with Gasteiger partial charge in [0.15, 0.2) is 0 Å².